The molecule has 3 heteroatoms. The van der Waals surface area contributed by atoms with Crippen molar-refractivity contribution in [3.8, 4) is 5.75 Å². The summed E-state index contributed by atoms with van der Waals surface area (Å²) in [6.45, 7) is 4.51. The van der Waals surface area contributed by atoms with Gasteiger partial charge >= 0.3 is 0 Å². The first-order chi connectivity index (χ1) is 13.4. The van der Waals surface area contributed by atoms with E-state index in [2.05, 4.69) is 53.4 Å². The van der Waals surface area contributed by atoms with Crippen molar-refractivity contribution in [1.29, 1.82) is 0 Å². The standard InChI is InChI=1S/C24H25NO2/c1-3-7-20(8-4-1)18-26-23-13-11-21(12-14-23)19-27-24(17-25-15-16-25)22-9-5-2-6-10-22/h1-14,24H,15-19H2. The molecule has 138 valence electrons. The molecule has 0 aliphatic carbocycles. The van der Waals surface area contributed by atoms with Crippen molar-refractivity contribution in [3.05, 3.63) is 102 Å². The maximum Gasteiger partial charge on any atom is 0.119 e. The zero-order chi connectivity index (χ0) is 18.3. The summed E-state index contributed by atoms with van der Waals surface area (Å²) in [5.41, 5.74) is 3.58. The van der Waals surface area contributed by atoms with Gasteiger partial charge in [0, 0.05) is 19.6 Å². The zero-order valence-electron chi connectivity index (χ0n) is 15.5. The Kier molecular flexibility index (Phi) is 5.83. The van der Waals surface area contributed by atoms with Gasteiger partial charge in [0.15, 0.2) is 0 Å². The molecule has 1 aliphatic rings. The first kappa shape index (κ1) is 17.8. The number of nitrogens with zero attached hydrogens (tertiary/aromatic N) is 1. The van der Waals surface area contributed by atoms with Crippen LogP contribution in [0.3, 0.4) is 0 Å². The van der Waals surface area contributed by atoms with Gasteiger partial charge in [-0.05, 0) is 28.8 Å². The highest BCUT2D eigenvalue weighted by Gasteiger charge is 2.23. The highest BCUT2D eigenvalue weighted by atomic mass is 16.5. The van der Waals surface area contributed by atoms with Gasteiger partial charge in [-0.1, -0.05) is 72.8 Å². The molecule has 0 spiro atoms. The molecule has 1 fully saturated rings. The van der Waals surface area contributed by atoms with Crippen molar-refractivity contribution in [2.75, 3.05) is 19.6 Å². The maximum atomic E-state index is 6.25. The highest BCUT2D eigenvalue weighted by molar-refractivity contribution is 5.27. The molecule has 0 aromatic heterocycles. The molecule has 0 bridgehead atoms. The summed E-state index contributed by atoms with van der Waals surface area (Å²) in [5, 5.41) is 0. The van der Waals surface area contributed by atoms with Gasteiger partial charge in [-0.25, -0.2) is 0 Å². The van der Waals surface area contributed by atoms with E-state index in [-0.39, 0.29) is 6.10 Å². The van der Waals surface area contributed by atoms with Crippen molar-refractivity contribution in [1.82, 2.24) is 4.90 Å². The summed E-state index contributed by atoms with van der Waals surface area (Å²) in [7, 11) is 0. The Morgan fingerprint density at radius 2 is 1.33 bits per heavy atom. The van der Waals surface area contributed by atoms with Gasteiger partial charge in [-0.15, -0.1) is 0 Å². The Morgan fingerprint density at radius 3 is 2.00 bits per heavy atom. The van der Waals surface area contributed by atoms with Crippen molar-refractivity contribution < 1.29 is 9.47 Å². The lowest BCUT2D eigenvalue weighted by Crippen LogP contribution is -2.15. The van der Waals surface area contributed by atoms with Gasteiger partial charge in [-0.3, -0.25) is 4.90 Å². The molecule has 3 nitrogen and oxygen atoms in total. The smallest absolute Gasteiger partial charge is 0.119 e. The van der Waals surface area contributed by atoms with Crippen LogP contribution in [0.2, 0.25) is 0 Å². The molecule has 1 aliphatic heterocycles. The average molecular weight is 359 g/mol. The lowest BCUT2D eigenvalue weighted by molar-refractivity contribution is 0.0307. The Morgan fingerprint density at radius 1 is 0.704 bits per heavy atom. The van der Waals surface area contributed by atoms with Gasteiger partial charge in [-0.2, -0.15) is 0 Å². The normalized spacial score (nSPS) is 14.7. The Balaban J connectivity index is 1.31. The van der Waals surface area contributed by atoms with Crippen molar-refractivity contribution in [2.45, 2.75) is 19.3 Å². The molecule has 0 amide bonds. The number of benzene rings is 3. The second-order valence-electron chi connectivity index (χ2n) is 6.93. The fraction of sp³-hybridized carbons (Fsp3) is 0.250. The van der Waals surface area contributed by atoms with E-state index in [0.717, 1.165) is 17.9 Å². The van der Waals surface area contributed by atoms with Gasteiger partial charge in [0.25, 0.3) is 0 Å². The van der Waals surface area contributed by atoms with Crippen LogP contribution in [0.15, 0.2) is 84.9 Å². The van der Waals surface area contributed by atoms with Crippen molar-refractivity contribution >= 4 is 0 Å². The lowest BCUT2D eigenvalue weighted by atomic mass is 10.1. The summed E-state index contributed by atoms with van der Waals surface area (Å²) in [4.78, 5) is 2.40. The summed E-state index contributed by atoms with van der Waals surface area (Å²) < 4.78 is 12.1. The summed E-state index contributed by atoms with van der Waals surface area (Å²) in [5.74, 6) is 0.881. The number of hydrogen-bond donors (Lipinski definition) is 0. The molecule has 0 saturated carbocycles. The molecule has 3 aromatic rings. The van der Waals surface area contributed by atoms with Crippen LogP contribution in [0, 0.1) is 0 Å². The summed E-state index contributed by atoms with van der Waals surface area (Å²) in [6.07, 6.45) is 0.114. The first-order valence-electron chi connectivity index (χ1n) is 9.51. The van der Waals surface area contributed by atoms with Gasteiger partial charge in [0.1, 0.15) is 12.4 Å². The number of rotatable bonds is 9. The predicted octanol–water partition coefficient (Wildman–Crippen LogP) is 4.84. The molecule has 0 radical (unpaired) electrons. The van der Waals surface area contributed by atoms with E-state index in [1.165, 1.54) is 24.2 Å². The molecule has 4 rings (SSSR count). The third-order valence-corrected chi connectivity index (χ3v) is 4.76. The van der Waals surface area contributed by atoms with E-state index in [1.54, 1.807) is 0 Å². The maximum absolute atomic E-state index is 6.25. The van der Waals surface area contributed by atoms with E-state index in [0.29, 0.717) is 13.2 Å². The van der Waals surface area contributed by atoms with Gasteiger partial charge in [0.05, 0.1) is 12.7 Å². The SMILES string of the molecule is c1ccc(COc2ccc(COC(CN3CC3)c3ccccc3)cc2)cc1. The van der Waals surface area contributed by atoms with E-state index in [1.807, 2.05) is 36.4 Å². The monoisotopic (exact) mass is 359 g/mol. The Labute approximate surface area is 161 Å². The minimum absolute atomic E-state index is 0.114. The summed E-state index contributed by atoms with van der Waals surface area (Å²) in [6, 6.07) is 28.9. The van der Waals surface area contributed by atoms with Crippen LogP contribution in [0.25, 0.3) is 0 Å². The topological polar surface area (TPSA) is 21.5 Å². The van der Waals surface area contributed by atoms with Crippen molar-refractivity contribution in [3.63, 3.8) is 0 Å². The van der Waals surface area contributed by atoms with Crippen LogP contribution in [0.5, 0.6) is 5.75 Å². The lowest BCUT2D eigenvalue weighted by Gasteiger charge is -2.19. The third-order valence-electron chi connectivity index (χ3n) is 4.76. The molecule has 0 N–H and O–H groups in total. The van der Waals surface area contributed by atoms with Crippen LogP contribution >= 0.6 is 0 Å². The number of hydrogen-bond acceptors (Lipinski definition) is 3. The van der Waals surface area contributed by atoms with Crippen LogP contribution < -0.4 is 4.74 Å². The summed E-state index contributed by atoms with van der Waals surface area (Å²) >= 11 is 0. The minimum Gasteiger partial charge on any atom is -0.489 e. The van der Waals surface area contributed by atoms with Crippen LogP contribution in [0.4, 0.5) is 0 Å². The molecule has 1 atom stereocenters. The molecule has 1 unspecified atom stereocenters. The van der Waals surface area contributed by atoms with E-state index < -0.39 is 0 Å². The largest absolute Gasteiger partial charge is 0.489 e. The fourth-order valence-corrected chi connectivity index (χ4v) is 3.03. The van der Waals surface area contributed by atoms with E-state index >= 15 is 0 Å². The van der Waals surface area contributed by atoms with Gasteiger partial charge < -0.3 is 9.47 Å². The molecule has 3 aromatic carbocycles. The fourth-order valence-electron chi connectivity index (χ4n) is 3.03. The Bertz CT molecular complexity index is 814. The van der Waals surface area contributed by atoms with Crippen LogP contribution in [0.1, 0.15) is 22.8 Å². The number of ether oxygens (including phenoxy) is 2. The second-order valence-corrected chi connectivity index (χ2v) is 6.93. The third kappa shape index (κ3) is 5.43. The highest BCUT2D eigenvalue weighted by Crippen LogP contribution is 2.23. The minimum atomic E-state index is 0.114. The van der Waals surface area contributed by atoms with Crippen LogP contribution in [-0.2, 0) is 18.0 Å². The Hall–Kier alpha value is -2.62. The quantitative estimate of drug-likeness (QED) is 0.510. The van der Waals surface area contributed by atoms with E-state index in [9.17, 15) is 0 Å². The zero-order valence-corrected chi connectivity index (χ0v) is 15.5. The second kappa shape index (κ2) is 8.85. The predicted molar refractivity (Wildman–Crippen MR) is 108 cm³/mol. The first-order valence-corrected chi connectivity index (χ1v) is 9.51. The molecular weight excluding hydrogens is 334 g/mol. The molecule has 1 saturated heterocycles. The molecular formula is C24H25NO2. The van der Waals surface area contributed by atoms with E-state index in [4.69, 9.17) is 9.47 Å². The van der Waals surface area contributed by atoms with Gasteiger partial charge in [0.2, 0.25) is 0 Å². The average Bonchev–Trinajstić information content (AvgIpc) is 3.56. The van der Waals surface area contributed by atoms with Crippen LogP contribution in [-0.4, -0.2) is 24.5 Å². The van der Waals surface area contributed by atoms with Crippen molar-refractivity contribution in [2.24, 2.45) is 0 Å². The molecule has 1 heterocycles. The molecule has 27 heavy (non-hydrogen) atoms.